The molecular formula is C19H15ClN4O4S. The van der Waals surface area contributed by atoms with Crippen molar-refractivity contribution in [1.29, 1.82) is 0 Å². The average molecular weight is 431 g/mol. The first-order chi connectivity index (χ1) is 13.8. The van der Waals surface area contributed by atoms with Crippen LogP contribution in [0.2, 0.25) is 5.02 Å². The highest BCUT2D eigenvalue weighted by Crippen LogP contribution is 2.30. The van der Waals surface area contributed by atoms with Crippen molar-refractivity contribution in [2.24, 2.45) is 20.5 Å². The van der Waals surface area contributed by atoms with Crippen molar-refractivity contribution < 1.29 is 17.7 Å². The van der Waals surface area contributed by atoms with Crippen molar-refractivity contribution in [1.82, 2.24) is 0 Å². The maximum absolute atomic E-state index is 11.2. The lowest BCUT2D eigenvalue weighted by Gasteiger charge is -2.01. The third kappa shape index (κ3) is 5.67. The zero-order valence-corrected chi connectivity index (χ0v) is 16.7. The molecule has 0 aliphatic rings. The first-order valence-corrected chi connectivity index (χ1v) is 10.0. The molecule has 10 heteroatoms. The van der Waals surface area contributed by atoms with Crippen LogP contribution in [0.25, 0.3) is 0 Å². The number of rotatable bonds is 6. The van der Waals surface area contributed by atoms with Gasteiger partial charge >= 0.3 is 0 Å². The highest BCUT2D eigenvalue weighted by molar-refractivity contribution is 7.85. The number of benzene rings is 3. The summed E-state index contributed by atoms with van der Waals surface area (Å²) in [6.07, 6.45) is 0. The number of hydrogen-bond acceptors (Lipinski definition) is 7. The summed E-state index contributed by atoms with van der Waals surface area (Å²) < 4.78 is 36.6. The van der Waals surface area contributed by atoms with Crippen LogP contribution in [-0.4, -0.2) is 20.1 Å². The van der Waals surface area contributed by atoms with Gasteiger partial charge in [0.2, 0.25) is 0 Å². The molecule has 1 N–H and O–H groups in total. The number of ether oxygens (including phenoxy) is 1. The van der Waals surface area contributed by atoms with E-state index in [0.29, 0.717) is 17.1 Å². The Kier molecular flexibility index (Phi) is 6.32. The largest absolute Gasteiger partial charge is 0.497 e. The van der Waals surface area contributed by atoms with E-state index in [9.17, 15) is 8.42 Å². The lowest BCUT2D eigenvalue weighted by atomic mass is 10.3. The number of halogens is 1. The van der Waals surface area contributed by atoms with Gasteiger partial charge in [0.1, 0.15) is 11.4 Å². The molecule has 8 nitrogen and oxygen atoms in total. The van der Waals surface area contributed by atoms with Crippen molar-refractivity contribution in [2.75, 3.05) is 7.11 Å². The summed E-state index contributed by atoms with van der Waals surface area (Å²) >= 11 is 5.99. The Hall–Kier alpha value is -3.14. The third-order valence-corrected chi connectivity index (χ3v) is 4.86. The van der Waals surface area contributed by atoms with Gasteiger partial charge in [0.15, 0.2) is 0 Å². The number of azo groups is 2. The Balaban J connectivity index is 1.72. The molecule has 0 aliphatic heterocycles. The quantitative estimate of drug-likeness (QED) is 0.358. The first-order valence-electron chi connectivity index (χ1n) is 8.20. The molecule has 0 amide bonds. The van der Waals surface area contributed by atoms with Crippen molar-refractivity contribution in [3.63, 3.8) is 0 Å². The first kappa shape index (κ1) is 20.6. The SMILES string of the molecule is COc1ccc(N=Nc2ccc(N=Nc3cc(S(=O)(=O)O)ccc3Cl)cc2)cc1. The summed E-state index contributed by atoms with van der Waals surface area (Å²) in [5, 5.41) is 16.4. The minimum atomic E-state index is -4.35. The van der Waals surface area contributed by atoms with E-state index >= 15 is 0 Å². The van der Waals surface area contributed by atoms with Crippen LogP contribution in [-0.2, 0) is 10.1 Å². The molecule has 3 aromatic rings. The van der Waals surface area contributed by atoms with Gasteiger partial charge in [-0.2, -0.15) is 23.8 Å². The topological polar surface area (TPSA) is 113 Å². The van der Waals surface area contributed by atoms with Crippen LogP contribution in [0.1, 0.15) is 0 Å². The van der Waals surface area contributed by atoms with Crippen LogP contribution >= 0.6 is 11.6 Å². The molecule has 0 saturated carbocycles. The molecule has 0 unspecified atom stereocenters. The average Bonchev–Trinajstić information content (AvgIpc) is 2.72. The second kappa shape index (κ2) is 8.91. The van der Waals surface area contributed by atoms with Gasteiger partial charge in [0.25, 0.3) is 10.1 Å². The van der Waals surface area contributed by atoms with Gasteiger partial charge in [-0.1, -0.05) is 11.6 Å². The van der Waals surface area contributed by atoms with E-state index in [-0.39, 0.29) is 15.6 Å². The number of hydrogen-bond donors (Lipinski definition) is 1. The number of nitrogens with zero attached hydrogens (tertiary/aromatic N) is 4. The Bertz CT molecular complexity index is 1160. The van der Waals surface area contributed by atoms with Gasteiger partial charge < -0.3 is 4.74 Å². The molecule has 3 aromatic carbocycles. The van der Waals surface area contributed by atoms with Crippen molar-refractivity contribution in [3.8, 4) is 5.75 Å². The summed E-state index contributed by atoms with van der Waals surface area (Å²) in [6.45, 7) is 0. The smallest absolute Gasteiger partial charge is 0.294 e. The Morgan fingerprint density at radius 3 is 1.76 bits per heavy atom. The summed E-state index contributed by atoms with van der Waals surface area (Å²) in [6, 6.07) is 17.6. The fourth-order valence-electron chi connectivity index (χ4n) is 2.19. The van der Waals surface area contributed by atoms with Gasteiger partial charge in [-0.15, -0.1) is 5.11 Å². The molecule has 0 fully saturated rings. The molecule has 0 bridgehead atoms. The molecular weight excluding hydrogens is 416 g/mol. The minimum Gasteiger partial charge on any atom is -0.497 e. The molecule has 0 atom stereocenters. The molecule has 0 aliphatic carbocycles. The lowest BCUT2D eigenvalue weighted by Crippen LogP contribution is -1.97. The fraction of sp³-hybridized carbons (Fsp3) is 0.0526. The minimum absolute atomic E-state index is 0.116. The van der Waals surface area contributed by atoms with Crippen molar-refractivity contribution in [2.45, 2.75) is 4.90 Å². The zero-order valence-electron chi connectivity index (χ0n) is 15.1. The standard InChI is InChI=1S/C19H15ClN4O4S/c1-28-16-8-6-15(7-9-16)22-21-13-2-4-14(5-3-13)23-24-19-12-17(29(25,26)27)10-11-18(19)20/h2-12H,1H3,(H,25,26,27). The maximum Gasteiger partial charge on any atom is 0.294 e. The van der Waals surface area contributed by atoms with E-state index in [4.69, 9.17) is 20.9 Å². The van der Waals surface area contributed by atoms with Crippen LogP contribution in [0.3, 0.4) is 0 Å². The summed E-state index contributed by atoms with van der Waals surface area (Å²) in [5.74, 6) is 0.737. The van der Waals surface area contributed by atoms with E-state index in [1.54, 1.807) is 55.6 Å². The Labute approximate surface area is 172 Å². The monoisotopic (exact) mass is 430 g/mol. The predicted octanol–water partition coefficient (Wildman–Crippen LogP) is 6.43. The molecule has 3 rings (SSSR count). The second-order valence-corrected chi connectivity index (χ2v) is 7.53. The third-order valence-electron chi connectivity index (χ3n) is 3.69. The van der Waals surface area contributed by atoms with Gasteiger partial charge in [-0.05, 0) is 66.7 Å². The molecule has 0 radical (unpaired) electrons. The Morgan fingerprint density at radius 1 is 0.793 bits per heavy atom. The van der Waals surface area contributed by atoms with Gasteiger partial charge in [0.05, 0.1) is 34.1 Å². The molecule has 0 aromatic heterocycles. The van der Waals surface area contributed by atoms with Crippen LogP contribution in [0.4, 0.5) is 22.7 Å². The molecule has 0 heterocycles. The van der Waals surface area contributed by atoms with Crippen molar-refractivity contribution >= 4 is 44.5 Å². The van der Waals surface area contributed by atoms with Crippen LogP contribution in [0.5, 0.6) is 5.75 Å². The van der Waals surface area contributed by atoms with E-state index in [1.165, 1.54) is 12.1 Å². The van der Waals surface area contributed by atoms with Gasteiger partial charge in [0, 0.05) is 0 Å². The predicted molar refractivity (Wildman–Crippen MR) is 109 cm³/mol. The highest BCUT2D eigenvalue weighted by Gasteiger charge is 2.12. The number of methoxy groups -OCH3 is 1. The second-order valence-electron chi connectivity index (χ2n) is 5.70. The van der Waals surface area contributed by atoms with E-state index in [2.05, 4.69) is 20.5 Å². The lowest BCUT2D eigenvalue weighted by molar-refractivity contribution is 0.415. The van der Waals surface area contributed by atoms with Gasteiger partial charge in [-0.25, -0.2) is 0 Å². The Morgan fingerprint density at radius 2 is 1.28 bits per heavy atom. The molecule has 0 saturated heterocycles. The summed E-state index contributed by atoms with van der Waals surface area (Å²) in [5.41, 5.74) is 1.92. The van der Waals surface area contributed by atoms with E-state index < -0.39 is 10.1 Å². The van der Waals surface area contributed by atoms with E-state index in [0.717, 1.165) is 11.8 Å². The van der Waals surface area contributed by atoms with Crippen molar-refractivity contribution in [3.05, 3.63) is 71.8 Å². The molecule has 29 heavy (non-hydrogen) atoms. The van der Waals surface area contributed by atoms with Crippen LogP contribution in [0, 0.1) is 0 Å². The molecule has 148 valence electrons. The van der Waals surface area contributed by atoms with Gasteiger partial charge in [-0.3, -0.25) is 4.55 Å². The van der Waals surface area contributed by atoms with E-state index in [1.807, 2.05) is 0 Å². The highest BCUT2D eigenvalue weighted by atomic mass is 35.5. The van der Waals surface area contributed by atoms with Crippen LogP contribution in [0.15, 0.2) is 92.1 Å². The summed E-state index contributed by atoms with van der Waals surface area (Å²) in [4.78, 5) is -0.315. The normalized spacial score (nSPS) is 12.0. The summed E-state index contributed by atoms with van der Waals surface area (Å²) in [7, 11) is -2.76. The molecule has 0 spiro atoms. The zero-order chi connectivity index (χ0) is 20.9. The fourth-order valence-corrected chi connectivity index (χ4v) is 2.85. The maximum atomic E-state index is 11.2. The van der Waals surface area contributed by atoms with Crippen LogP contribution < -0.4 is 4.74 Å².